The summed E-state index contributed by atoms with van der Waals surface area (Å²) >= 11 is 5.91. The van der Waals surface area contributed by atoms with Crippen LogP contribution in [0.2, 0.25) is 5.02 Å². The van der Waals surface area contributed by atoms with Gasteiger partial charge in [0.25, 0.3) is 0 Å². The van der Waals surface area contributed by atoms with Crippen molar-refractivity contribution in [3.8, 4) is 5.75 Å². The Morgan fingerprint density at radius 1 is 0.962 bits per heavy atom. The maximum atomic E-state index is 11.7. The van der Waals surface area contributed by atoms with E-state index in [1.165, 1.54) is 38.5 Å². The number of ether oxygens (including phenoxy) is 2. The molecule has 1 aromatic carbocycles. The SMILES string of the molecule is CCCCCCCCCCOC(=O)/C=C/C(=O)Oc1ccc(Cl)c(C)c1. The molecule has 0 aromatic heterocycles. The van der Waals surface area contributed by atoms with Gasteiger partial charge in [0.15, 0.2) is 0 Å². The van der Waals surface area contributed by atoms with Crippen LogP contribution in [0.5, 0.6) is 5.75 Å². The number of halogens is 1. The molecular weight excluding hydrogens is 352 g/mol. The largest absolute Gasteiger partial charge is 0.463 e. The van der Waals surface area contributed by atoms with Crippen LogP contribution >= 0.6 is 11.6 Å². The Morgan fingerprint density at radius 2 is 1.58 bits per heavy atom. The van der Waals surface area contributed by atoms with Crippen LogP contribution in [0.4, 0.5) is 0 Å². The number of rotatable bonds is 12. The predicted octanol–water partition coefficient (Wildman–Crippen LogP) is 5.79. The summed E-state index contributed by atoms with van der Waals surface area (Å²) in [4.78, 5) is 23.3. The highest BCUT2D eigenvalue weighted by atomic mass is 35.5. The van der Waals surface area contributed by atoms with E-state index >= 15 is 0 Å². The molecule has 26 heavy (non-hydrogen) atoms. The van der Waals surface area contributed by atoms with Crippen molar-refractivity contribution >= 4 is 23.5 Å². The minimum Gasteiger partial charge on any atom is -0.463 e. The van der Waals surface area contributed by atoms with Crippen LogP contribution in [0.15, 0.2) is 30.4 Å². The van der Waals surface area contributed by atoms with Gasteiger partial charge in [-0.25, -0.2) is 9.59 Å². The molecule has 0 aliphatic carbocycles. The Morgan fingerprint density at radius 3 is 2.23 bits per heavy atom. The van der Waals surface area contributed by atoms with E-state index in [2.05, 4.69) is 6.92 Å². The molecule has 5 heteroatoms. The quantitative estimate of drug-likeness (QED) is 0.199. The highest BCUT2D eigenvalue weighted by Gasteiger charge is 2.04. The van der Waals surface area contributed by atoms with E-state index in [1.54, 1.807) is 18.2 Å². The van der Waals surface area contributed by atoms with Crippen molar-refractivity contribution in [1.29, 1.82) is 0 Å². The normalized spacial score (nSPS) is 10.9. The van der Waals surface area contributed by atoms with E-state index in [4.69, 9.17) is 21.1 Å². The monoisotopic (exact) mass is 380 g/mol. The molecule has 0 N–H and O–H groups in total. The van der Waals surface area contributed by atoms with Gasteiger partial charge in [0.05, 0.1) is 6.61 Å². The molecule has 0 saturated carbocycles. The second-order valence-corrected chi connectivity index (χ2v) is 6.71. The van der Waals surface area contributed by atoms with E-state index in [0.717, 1.165) is 30.6 Å². The number of esters is 2. The summed E-state index contributed by atoms with van der Waals surface area (Å²) < 4.78 is 10.2. The van der Waals surface area contributed by atoms with Crippen LogP contribution in [0.3, 0.4) is 0 Å². The Bertz CT molecular complexity index is 596. The molecule has 0 aliphatic heterocycles. The van der Waals surface area contributed by atoms with Crippen LogP contribution in [0.25, 0.3) is 0 Å². The number of aryl methyl sites for hydroxylation is 1. The van der Waals surface area contributed by atoms with Gasteiger partial charge >= 0.3 is 11.9 Å². The minimum atomic E-state index is -0.629. The van der Waals surface area contributed by atoms with Gasteiger partial charge in [-0.2, -0.15) is 0 Å². The Kier molecular flexibility index (Phi) is 11.5. The second-order valence-electron chi connectivity index (χ2n) is 6.31. The Hall–Kier alpha value is -1.81. The van der Waals surface area contributed by atoms with Gasteiger partial charge in [0.1, 0.15) is 5.75 Å². The molecule has 144 valence electrons. The van der Waals surface area contributed by atoms with Crippen molar-refractivity contribution < 1.29 is 19.1 Å². The summed E-state index contributed by atoms with van der Waals surface area (Å²) in [5, 5.41) is 0.602. The maximum Gasteiger partial charge on any atom is 0.336 e. The third-order valence-electron chi connectivity index (χ3n) is 3.95. The van der Waals surface area contributed by atoms with Gasteiger partial charge in [0, 0.05) is 17.2 Å². The molecule has 0 aliphatic rings. The number of unbranched alkanes of at least 4 members (excludes halogenated alkanes) is 7. The van der Waals surface area contributed by atoms with Crippen LogP contribution in [0, 0.1) is 6.92 Å². The zero-order valence-corrected chi connectivity index (χ0v) is 16.5. The molecule has 0 saturated heterocycles. The highest BCUT2D eigenvalue weighted by Crippen LogP contribution is 2.21. The first-order valence-electron chi connectivity index (χ1n) is 9.35. The van der Waals surface area contributed by atoms with Gasteiger partial charge in [0.2, 0.25) is 0 Å². The van der Waals surface area contributed by atoms with E-state index in [9.17, 15) is 9.59 Å². The average Bonchev–Trinajstić information content (AvgIpc) is 2.61. The molecule has 0 fully saturated rings. The molecule has 1 aromatic rings. The van der Waals surface area contributed by atoms with Gasteiger partial charge in [-0.05, 0) is 37.1 Å². The van der Waals surface area contributed by atoms with Crippen molar-refractivity contribution in [3.05, 3.63) is 40.9 Å². The first kappa shape index (κ1) is 22.2. The van der Waals surface area contributed by atoms with E-state index in [-0.39, 0.29) is 0 Å². The minimum absolute atomic E-state index is 0.379. The summed E-state index contributed by atoms with van der Waals surface area (Å²) in [6.45, 7) is 4.41. The molecule has 0 spiro atoms. The number of carbonyl (C=O) groups excluding carboxylic acids is 2. The Labute approximate surface area is 161 Å². The van der Waals surface area contributed by atoms with Crippen LogP contribution in [-0.2, 0) is 14.3 Å². The van der Waals surface area contributed by atoms with Gasteiger partial charge in [-0.3, -0.25) is 0 Å². The van der Waals surface area contributed by atoms with Crippen LogP contribution < -0.4 is 4.74 Å². The first-order chi connectivity index (χ1) is 12.5. The molecular formula is C21H29ClO4. The smallest absolute Gasteiger partial charge is 0.336 e. The summed E-state index contributed by atoms with van der Waals surface area (Å²) in [6, 6.07) is 4.91. The molecule has 4 nitrogen and oxygen atoms in total. The molecule has 0 amide bonds. The third-order valence-corrected chi connectivity index (χ3v) is 4.37. The molecule has 0 atom stereocenters. The lowest BCUT2D eigenvalue weighted by molar-refractivity contribution is -0.138. The van der Waals surface area contributed by atoms with Gasteiger partial charge < -0.3 is 9.47 Å². The number of hydrogen-bond donors (Lipinski definition) is 0. The number of hydrogen-bond acceptors (Lipinski definition) is 4. The predicted molar refractivity (Wildman–Crippen MR) is 105 cm³/mol. The fraction of sp³-hybridized carbons (Fsp3) is 0.524. The Balaban J connectivity index is 2.14. The van der Waals surface area contributed by atoms with Crippen molar-refractivity contribution in [2.24, 2.45) is 0 Å². The number of benzene rings is 1. The standard InChI is InChI=1S/C21H29ClO4/c1-3-4-5-6-7-8-9-10-15-25-20(23)13-14-21(24)26-18-11-12-19(22)17(2)16-18/h11-14,16H,3-10,15H2,1-2H3/b14-13+. The fourth-order valence-electron chi connectivity index (χ4n) is 2.42. The van der Waals surface area contributed by atoms with Crippen LogP contribution in [0.1, 0.15) is 63.9 Å². The van der Waals surface area contributed by atoms with E-state index in [1.807, 2.05) is 6.92 Å². The summed E-state index contributed by atoms with van der Waals surface area (Å²) in [7, 11) is 0. The zero-order valence-electron chi connectivity index (χ0n) is 15.8. The van der Waals surface area contributed by atoms with Crippen molar-refractivity contribution in [1.82, 2.24) is 0 Å². The number of carbonyl (C=O) groups is 2. The van der Waals surface area contributed by atoms with Crippen LogP contribution in [-0.4, -0.2) is 18.5 Å². The lowest BCUT2D eigenvalue weighted by Gasteiger charge is -2.04. The van der Waals surface area contributed by atoms with Gasteiger partial charge in [-0.15, -0.1) is 0 Å². The molecule has 1 rings (SSSR count). The first-order valence-corrected chi connectivity index (χ1v) is 9.73. The maximum absolute atomic E-state index is 11.7. The highest BCUT2D eigenvalue weighted by molar-refractivity contribution is 6.31. The molecule has 0 unspecified atom stereocenters. The molecule has 0 bridgehead atoms. The van der Waals surface area contributed by atoms with Crippen molar-refractivity contribution in [2.45, 2.75) is 65.2 Å². The van der Waals surface area contributed by atoms with Gasteiger partial charge in [-0.1, -0.05) is 63.5 Å². The molecule has 0 heterocycles. The van der Waals surface area contributed by atoms with E-state index in [0.29, 0.717) is 17.4 Å². The zero-order chi connectivity index (χ0) is 19.2. The average molecular weight is 381 g/mol. The second kappa shape index (κ2) is 13.4. The lowest BCUT2D eigenvalue weighted by Crippen LogP contribution is -2.07. The summed E-state index contributed by atoms with van der Waals surface area (Å²) in [6.07, 6.45) is 11.6. The molecule has 0 radical (unpaired) electrons. The lowest BCUT2D eigenvalue weighted by atomic mass is 10.1. The van der Waals surface area contributed by atoms with E-state index < -0.39 is 11.9 Å². The third kappa shape index (κ3) is 10.2. The van der Waals surface area contributed by atoms with Crippen molar-refractivity contribution in [3.63, 3.8) is 0 Å². The van der Waals surface area contributed by atoms with Crippen molar-refractivity contribution in [2.75, 3.05) is 6.61 Å². The topological polar surface area (TPSA) is 52.6 Å². The summed E-state index contributed by atoms with van der Waals surface area (Å²) in [5.41, 5.74) is 0.811. The fourth-order valence-corrected chi connectivity index (χ4v) is 2.54. The summed E-state index contributed by atoms with van der Waals surface area (Å²) in [5.74, 6) is -0.776.